The molecule has 0 amide bonds. The minimum atomic E-state index is 0.419. The second-order valence-corrected chi connectivity index (χ2v) is 5.33. The summed E-state index contributed by atoms with van der Waals surface area (Å²) < 4.78 is 5.29. The van der Waals surface area contributed by atoms with Gasteiger partial charge in [-0.05, 0) is 29.6 Å². The van der Waals surface area contributed by atoms with Gasteiger partial charge in [0.2, 0.25) is 5.82 Å². The van der Waals surface area contributed by atoms with E-state index in [-0.39, 0.29) is 0 Å². The second kappa shape index (κ2) is 4.64. The van der Waals surface area contributed by atoms with Gasteiger partial charge in [-0.3, -0.25) is 9.97 Å². The van der Waals surface area contributed by atoms with Crippen LogP contribution in [0.4, 0.5) is 5.00 Å². The molecule has 3 aromatic heterocycles. The number of rotatable bonds is 2. The molecule has 2 N–H and O–H groups in total. The molecule has 6 nitrogen and oxygen atoms in total. The highest BCUT2D eigenvalue weighted by molar-refractivity contribution is 7.14. The minimum Gasteiger partial charge on any atom is -0.390 e. The third-order valence-electron chi connectivity index (χ3n) is 3.08. The fraction of sp³-hybridized carbons (Fsp3) is 0. The van der Waals surface area contributed by atoms with Gasteiger partial charge in [0.25, 0.3) is 5.89 Å². The van der Waals surface area contributed by atoms with Crippen LogP contribution in [0.5, 0.6) is 0 Å². The van der Waals surface area contributed by atoms with Crippen molar-refractivity contribution in [2.45, 2.75) is 0 Å². The number of hydrogen-bond acceptors (Lipinski definition) is 7. The van der Waals surface area contributed by atoms with Crippen LogP contribution in [0.15, 0.2) is 46.6 Å². The van der Waals surface area contributed by atoms with Gasteiger partial charge >= 0.3 is 0 Å². The molecule has 0 aliphatic rings. The average molecular weight is 295 g/mol. The van der Waals surface area contributed by atoms with E-state index in [4.69, 9.17) is 10.3 Å². The van der Waals surface area contributed by atoms with Crippen molar-refractivity contribution in [3.63, 3.8) is 0 Å². The van der Waals surface area contributed by atoms with Gasteiger partial charge in [0, 0.05) is 18.0 Å². The van der Waals surface area contributed by atoms with E-state index in [2.05, 4.69) is 20.1 Å². The summed E-state index contributed by atoms with van der Waals surface area (Å²) in [5.74, 6) is 0.922. The van der Waals surface area contributed by atoms with Crippen LogP contribution >= 0.6 is 11.3 Å². The molecule has 0 bridgehead atoms. The zero-order valence-corrected chi connectivity index (χ0v) is 11.5. The standard InChI is InChI=1S/C14H9N5OS/c15-12-9(3-6-21-12)14-18-13(19-20-14)8-1-2-10-11(7-8)17-5-4-16-10/h1-7H,15H2. The van der Waals surface area contributed by atoms with Gasteiger partial charge in [-0.2, -0.15) is 4.98 Å². The summed E-state index contributed by atoms with van der Waals surface area (Å²) in [6, 6.07) is 7.52. The first-order valence-electron chi connectivity index (χ1n) is 6.19. The lowest BCUT2D eigenvalue weighted by atomic mass is 10.2. The van der Waals surface area contributed by atoms with Gasteiger partial charge in [-0.1, -0.05) is 5.16 Å². The molecule has 1 aromatic carbocycles. The maximum Gasteiger partial charge on any atom is 0.261 e. The minimum absolute atomic E-state index is 0.419. The number of benzene rings is 1. The van der Waals surface area contributed by atoms with Crippen molar-refractivity contribution >= 4 is 27.4 Å². The number of anilines is 1. The highest BCUT2D eigenvalue weighted by Gasteiger charge is 2.14. The van der Waals surface area contributed by atoms with E-state index in [1.54, 1.807) is 12.4 Å². The highest BCUT2D eigenvalue weighted by Crippen LogP contribution is 2.30. The average Bonchev–Trinajstić information content (AvgIpc) is 3.15. The summed E-state index contributed by atoms with van der Waals surface area (Å²) in [4.78, 5) is 12.9. The Hall–Kier alpha value is -2.80. The normalized spacial score (nSPS) is 11.0. The van der Waals surface area contributed by atoms with E-state index in [1.165, 1.54) is 11.3 Å². The molecule has 0 radical (unpaired) electrons. The van der Waals surface area contributed by atoms with Crippen molar-refractivity contribution in [1.82, 2.24) is 20.1 Å². The van der Waals surface area contributed by atoms with Crippen molar-refractivity contribution in [1.29, 1.82) is 0 Å². The van der Waals surface area contributed by atoms with Crippen molar-refractivity contribution in [3.05, 3.63) is 42.0 Å². The van der Waals surface area contributed by atoms with Gasteiger partial charge in [-0.25, -0.2) is 0 Å². The Kier molecular flexibility index (Phi) is 2.65. The summed E-state index contributed by atoms with van der Waals surface area (Å²) in [5, 5.41) is 6.56. The van der Waals surface area contributed by atoms with Crippen molar-refractivity contribution in [2.75, 3.05) is 5.73 Å². The van der Waals surface area contributed by atoms with E-state index in [0.29, 0.717) is 16.7 Å². The van der Waals surface area contributed by atoms with Crippen LogP contribution in [0, 0.1) is 0 Å². The number of nitrogen functional groups attached to an aromatic ring is 1. The Balaban J connectivity index is 1.79. The number of aromatic nitrogens is 4. The second-order valence-electron chi connectivity index (χ2n) is 4.38. The van der Waals surface area contributed by atoms with Gasteiger partial charge in [0.15, 0.2) is 0 Å². The van der Waals surface area contributed by atoms with Crippen LogP contribution in [-0.2, 0) is 0 Å². The topological polar surface area (TPSA) is 90.7 Å². The Morgan fingerprint density at radius 2 is 1.90 bits per heavy atom. The molecule has 0 aliphatic heterocycles. The molecule has 102 valence electrons. The number of fused-ring (bicyclic) bond motifs is 1. The van der Waals surface area contributed by atoms with Gasteiger partial charge in [0.05, 0.1) is 21.6 Å². The Morgan fingerprint density at radius 1 is 1.05 bits per heavy atom. The maximum atomic E-state index is 5.87. The van der Waals surface area contributed by atoms with Crippen molar-refractivity contribution in [2.24, 2.45) is 0 Å². The van der Waals surface area contributed by atoms with E-state index in [0.717, 1.165) is 22.2 Å². The monoisotopic (exact) mass is 295 g/mol. The van der Waals surface area contributed by atoms with Gasteiger partial charge in [0.1, 0.15) is 0 Å². The zero-order valence-electron chi connectivity index (χ0n) is 10.7. The maximum absolute atomic E-state index is 5.87. The molecule has 0 atom stereocenters. The molecule has 4 aromatic rings. The van der Waals surface area contributed by atoms with Gasteiger partial charge < -0.3 is 10.3 Å². The largest absolute Gasteiger partial charge is 0.390 e. The van der Waals surface area contributed by atoms with Crippen LogP contribution in [0.2, 0.25) is 0 Å². The lowest BCUT2D eigenvalue weighted by molar-refractivity contribution is 0.432. The molecule has 0 spiro atoms. The number of hydrogen-bond donors (Lipinski definition) is 1. The first kappa shape index (κ1) is 12.0. The molecule has 0 unspecified atom stereocenters. The SMILES string of the molecule is Nc1sccc1-c1nc(-c2ccc3nccnc3c2)no1. The third-order valence-corrected chi connectivity index (χ3v) is 3.83. The summed E-state index contributed by atoms with van der Waals surface area (Å²) in [6.45, 7) is 0. The molecule has 0 saturated carbocycles. The number of thiophene rings is 1. The quantitative estimate of drug-likeness (QED) is 0.611. The molecule has 3 heterocycles. The smallest absolute Gasteiger partial charge is 0.261 e. The summed E-state index contributed by atoms with van der Waals surface area (Å²) >= 11 is 1.44. The number of nitrogens with zero attached hydrogens (tertiary/aromatic N) is 4. The first-order valence-corrected chi connectivity index (χ1v) is 7.07. The molecule has 4 rings (SSSR count). The van der Waals surface area contributed by atoms with Crippen LogP contribution in [0.3, 0.4) is 0 Å². The third kappa shape index (κ3) is 2.03. The zero-order chi connectivity index (χ0) is 14.2. The van der Waals surface area contributed by atoms with E-state index in [9.17, 15) is 0 Å². The molecular formula is C14H9N5OS. The first-order chi connectivity index (χ1) is 10.3. The molecule has 0 aliphatic carbocycles. The predicted octanol–water partition coefficient (Wildman–Crippen LogP) is 2.99. The van der Waals surface area contributed by atoms with Gasteiger partial charge in [-0.15, -0.1) is 11.3 Å². The number of nitrogens with two attached hydrogens (primary N) is 1. The molecule has 7 heteroatoms. The van der Waals surface area contributed by atoms with Crippen LogP contribution < -0.4 is 5.73 Å². The van der Waals surface area contributed by atoms with E-state index < -0.39 is 0 Å². The predicted molar refractivity (Wildman–Crippen MR) is 80.6 cm³/mol. The summed E-state index contributed by atoms with van der Waals surface area (Å²) in [5.41, 5.74) is 9.07. The lowest BCUT2D eigenvalue weighted by Crippen LogP contribution is -1.86. The molecular weight excluding hydrogens is 286 g/mol. The van der Waals surface area contributed by atoms with Crippen molar-refractivity contribution < 1.29 is 4.52 Å². The van der Waals surface area contributed by atoms with Crippen LogP contribution in [0.25, 0.3) is 33.9 Å². The summed E-state index contributed by atoms with van der Waals surface area (Å²) in [6.07, 6.45) is 3.31. The van der Waals surface area contributed by atoms with E-state index >= 15 is 0 Å². The molecule has 0 fully saturated rings. The molecule has 0 saturated heterocycles. The Bertz CT molecular complexity index is 930. The van der Waals surface area contributed by atoms with Crippen LogP contribution in [-0.4, -0.2) is 20.1 Å². The fourth-order valence-corrected chi connectivity index (χ4v) is 2.68. The van der Waals surface area contributed by atoms with Crippen molar-refractivity contribution in [3.8, 4) is 22.8 Å². The lowest BCUT2D eigenvalue weighted by Gasteiger charge is -1.97. The molecule has 21 heavy (non-hydrogen) atoms. The van der Waals surface area contributed by atoms with E-state index in [1.807, 2.05) is 29.6 Å². The Morgan fingerprint density at radius 3 is 2.71 bits per heavy atom. The highest BCUT2D eigenvalue weighted by atomic mass is 32.1. The van der Waals surface area contributed by atoms with Crippen LogP contribution in [0.1, 0.15) is 0 Å². The summed E-state index contributed by atoms with van der Waals surface area (Å²) in [7, 11) is 0. The Labute approximate surface area is 123 Å². The fourth-order valence-electron chi connectivity index (χ4n) is 2.05.